The minimum Gasteiger partial charge on any atom is -0.317 e. The van der Waals surface area contributed by atoms with Crippen LogP contribution < -0.4 is 5.32 Å². The van der Waals surface area contributed by atoms with Crippen molar-refractivity contribution in [2.75, 3.05) is 20.1 Å². The highest BCUT2D eigenvalue weighted by molar-refractivity contribution is 4.88. The standard InChI is InChI=1S/C9H18N2/c1-10-8-4-6-11(7-5-8)9-2-3-9/h8-10H,2-7H2,1H3. The van der Waals surface area contributed by atoms with Gasteiger partial charge in [-0.2, -0.15) is 0 Å². The number of likely N-dealkylation sites (tertiary alicyclic amines) is 1. The van der Waals surface area contributed by atoms with Crippen LogP contribution in [0.3, 0.4) is 0 Å². The second-order valence-corrected chi connectivity index (χ2v) is 3.83. The summed E-state index contributed by atoms with van der Waals surface area (Å²) >= 11 is 0. The quantitative estimate of drug-likeness (QED) is 0.634. The smallest absolute Gasteiger partial charge is 0.00964 e. The van der Waals surface area contributed by atoms with Gasteiger partial charge in [0.25, 0.3) is 0 Å². The Morgan fingerprint density at radius 3 is 2.18 bits per heavy atom. The maximum atomic E-state index is 3.36. The van der Waals surface area contributed by atoms with Crippen LogP contribution in [0.25, 0.3) is 0 Å². The van der Waals surface area contributed by atoms with Gasteiger partial charge in [0.05, 0.1) is 0 Å². The summed E-state index contributed by atoms with van der Waals surface area (Å²) in [6.07, 6.45) is 5.63. The lowest BCUT2D eigenvalue weighted by Crippen LogP contribution is -2.42. The molecule has 1 aliphatic heterocycles. The molecule has 64 valence electrons. The van der Waals surface area contributed by atoms with E-state index in [2.05, 4.69) is 17.3 Å². The summed E-state index contributed by atoms with van der Waals surface area (Å²) in [6.45, 7) is 2.66. The molecule has 2 heteroatoms. The van der Waals surface area contributed by atoms with E-state index in [-0.39, 0.29) is 0 Å². The summed E-state index contributed by atoms with van der Waals surface area (Å²) in [6, 6.07) is 1.78. The second-order valence-electron chi connectivity index (χ2n) is 3.83. The van der Waals surface area contributed by atoms with Crippen LogP contribution in [0.4, 0.5) is 0 Å². The number of nitrogens with zero attached hydrogens (tertiary/aromatic N) is 1. The third-order valence-electron chi connectivity index (χ3n) is 3.00. The van der Waals surface area contributed by atoms with E-state index >= 15 is 0 Å². The van der Waals surface area contributed by atoms with Crippen LogP contribution in [-0.2, 0) is 0 Å². The fourth-order valence-corrected chi connectivity index (χ4v) is 1.99. The SMILES string of the molecule is CNC1CCN(C2CC2)CC1. The fourth-order valence-electron chi connectivity index (χ4n) is 1.99. The Kier molecular flexibility index (Phi) is 2.14. The molecule has 2 aliphatic rings. The van der Waals surface area contributed by atoms with Crippen molar-refractivity contribution >= 4 is 0 Å². The van der Waals surface area contributed by atoms with E-state index in [9.17, 15) is 0 Å². The molecule has 1 aliphatic carbocycles. The van der Waals surface area contributed by atoms with Crippen molar-refractivity contribution in [2.45, 2.75) is 37.8 Å². The van der Waals surface area contributed by atoms with Gasteiger partial charge in [-0.15, -0.1) is 0 Å². The van der Waals surface area contributed by atoms with Gasteiger partial charge in [0.1, 0.15) is 0 Å². The number of rotatable bonds is 2. The van der Waals surface area contributed by atoms with Crippen molar-refractivity contribution in [3.05, 3.63) is 0 Å². The maximum absolute atomic E-state index is 3.36. The molecule has 0 atom stereocenters. The van der Waals surface area contributed by atoms with Crippen LogP contribution in [0.2, 0.25) is 0 Å². The third kappa shape index (κ3) is 1.74. The molecule has 0 radical (unpaired) electrons. The van der Waals surface area contributed by atoms with Crippen molar-refractivity contribution in [1.82, 2.24) is 10.2 Å². The van der Waals surface area contributed by atoms with Crippen molar-refractivity contribution in [3.8, 4) is 0 Å². The summed E-state index contributed by atoms with van der Waals surface area (Å²) in [5, 5.41) is 3.36. The topological polar surface area (TPSA) is 15.3 Å². The van der Waals surface area contributed by atoms with Crippen LogP contribution in [0, 0.1) is 0 Å². The normalized spacial score (nSPS) is 29.2. The zero-order valence-electron chi connectivity index (χ0n) is 7.34. The monoisotopic (exact) mass is 154 g/mol. The molecule has 0 bridgehead atoms. The van der Waals surface area contributed by atoms with Crippen molar-refractivity contribution in [1.29, 1.82) is 0 Å². The van der Waals surface area contributed by atoms with E-state index in [0.29, 0.717) is 0 Å². The van der Waals surface area contributed by atoms with Crippen LogP contribution >= 0.6 is 0 Å². The molecule has 1 saturated heterocycles. The van der Waals surface area contributed by atoms with Gasteiger partial charge in [0.2, 0.25) is 0 Å². The first kappa shape index (κ1) is 7.56. The molecule has 0 aromatic heterocycles. The molecule has 2 fully saturated rings. The van der Waals surface area contributed by atoms with Crippen molar-refractivity contribution < 1.29 is 0 Å². The van der Waals surface area contributed by atoms with Gasteiger partial charge in [-0.1, -0.05) is 0 Å². The average molecular weight is 154 g/mol. The molecule has 0 aromatic rings. The number of piperidine rings is 1. The highest BCUT2D eigenvalue weighted by Crippen LogP contribution is 2.29. The van der Waals surface area contributed by atoms with E-state index in [4.69, 9.17) is 0 Å². The van der Waals surface area contributed by atoms with E-state index in [0.717, 1.165) is 12.1 Å². The first-order valence-corrected chi connectivity index (χ1v) is 4.81. The molecule has 1 N–H and O–H groups in total. The Morgan fingerprint density at radius 2 is 1.73 bits per heavy atom. The summed E-state index contributed by atoms with van der Waals surface area (Å²) in [4.78, 5) is 2.66. The van der Waals surface area contributed by atoms with Gasteiger partial charge in [0.15, 0.2) is 0 Å². The van der Waals surface area contributed by atoms with Gasteiger partial charge in [0, 0.05) is 12.1 Å². The van der Waals surface area contributed by atoms with Gasteiger partial charge in [-0.25, -0.2) is 0 Å². The molecule has 0 aromatic carbocycles. The zero-order chi connectivity index (χ0) is 7.68. The summed E-state index contributed by atoms with van der Waals surface area (Å²) < 4.78 is 0. The first-order chi connectivity index (χ1) is 5.40. The van der Waals surface area contributed by atoms with E-state index in [1.165, 1.54) is 38.8 Å². The number of hydrogen-bond donors (Lipinski definition) is 1. The van der Waals surface area contributed by atoms with Crippen molar-refractivity contribution in [2.24, 2.45) is 0 Å². The number of nitrogens with one attached hydrogen (secondary N) is 1. The molecule has 0 spiro atoms. The minimum atomic E-state index is 0.796. The summed E-state index contributed by atoms with van der Waals surface area (Å²) in [7, 11) is 2.08. The Hall–Kier alpha value is -0.0800. The summed E-state index contributed by atoms with van der Waals surface area (Å²) in [5.41, 5.74) is 0. The van der Waals surface area contributed by atoms with Gasteiger partial charge >= 0.3 is 0 Å². The minimum absolute atomic E-state index is 0.796. The molecule has 0 amide bonds. The molecule has 11 heavy (non-hydrogen) atoms. The molecular formula is C9H18N2. The fraction of sp³-hybridized carbons (Fsp3) is 1.00. The predicted molar refractivity (Wildman–Crippen MR) is 46.7 cm³/mol. The zero-order valence-corrected chi connectivity index (χ0v) is 7.34. The second kappa shape index (κ2) is 3.11. The molecule has 2 nitrogen and oxygen atoms in total. The third-order valence-corrected chi connectivity index (χ3v) is 3.00. The maximum Gasteiger partial charge on any atom is 0.00964 e. The Bertz CT molecular complexity index is 124. The van der Waals surface area contributed by atoms with E-state index in [1.807, 2.05) is 0 Å². The molecule has 0 unspecified atom stereocenters. The van der Waals surface area contributed by atoms with E-state index < -0.39 is 0 Å². The largest absolute Gasteiger partial charge is 0.317 e. The first-order valence-electron chi connectivity index (χ1n) is 4.81. The molecule has 1 heterocycles. The van der Waals surface area contributed by atoms with E-state index in [1.54, 1.807) is 0 Å². The highest BCUT2D eigenvalue weighted by Gasteiger charge is 2.31. The lowest BCUT2D eigenvalue weighted by molar-refractivity contribution is 0.193. The van der Waals surface area contributed by atoms with Gasteiger partial charge in [-0.3, -0.25) is 0 Å². The highest BCUT2D eigenvalue weighted by atomic mass is 15.2. The molecule has 2 rings (SSSR count). The summed E-state index contributed by atoms with van der Waals surface area (Å²) in [5.74, 6) is 0. The average Bonchev–Trinajstić information content (AvgIpc) is 2.87. The lowest BCUT2D eigenvalue weighted by atomic mass is 10.1. The Morgan fingerprint density at radius 1 is 1.09 bits per heavy atom. The van der Waals surface area contributed by atoms with Crippen LogP contribution in [0.5, 0.6) is 0 Å². The van der Waals surface area contributed by atoms with Gasteiger partial charge in [-0.05, 0) is 45.8 Å². The molecule has 1 saturated carbocycles. The Balaban J connectivity index is 1.75. The lowest BCUT2D eigenvalue weighted by Gasteiger charge is -2.31. The van der Waals surface area contributed by atoms with Crippen LogP contribution in [0.15, 0.2) is 0 Å². The molecular weight excluding hydrogens is 136 g/mol. The number of hydrogen-bond acceptors (Lipinski definition) is 2. The van der Waals surface area contributed by atoms with Crippen LogP contribution in [-0.4, -0.2) is 37.1 Å². The Labute approximate surface area is 69.0 Å². The predicted octanol–water partition coefficient (Wildman–Crippen LogP) is 0.833. The van der Waals surface area contributed by atoms with Crippen molar-refractivity contribution in [3.63, 3.8) is 0 Å². The van der Waals surface area contributed by atoms with Gasteiger partial charge < -0.3 is 10.2 Å². The van der Waals surface area contributed by atoms with Crippen LogP contribution in [0.1, 0.15) is 25.7 Å².